The zero-order valence-corrected chi connectivity index (χ0v) is 15.8. The Morgan fingerprint density at radius 2 is 1.71 bits per heavy atom. The number of nitrogens with one attached hydrogen (secondary N) is 1. The van der Waals surface area contributed by atoms with Gasteiger partial charge in [-0.05, 0) is 54.1 Å². The number of aromatic nitrogens is 2. The van der Waals surface area contributed by atoms with E-state index in [0.717, 1.165) is 41.1 Å². The number of halogens is 1. The molecule has 1 heterocycles. The molecule has 0 saturated heterocycles. The first kappa shape index (κ1) is 18.3. The molecule has 0 fully saturated rings. The molecular weight excluding hydrogens is 351 g/mol. The minimum absolute atomic E-state index is 0.270. The summed E-state index contributed by atoms with van der Waals surface area (Å²) in [5.41, 5.74) is 11.6. The fourth-order valence-corrected chi connectivity index (χ4v) is 3.42. The van der Waals surface area contributed by atoms with Crippen LogP contribution >= 0.6 is 0 Å². The number of hydrogen-bond donors (Lipinski definition) is 2. The van der Waals surface area contributed by atoms with E-state index in [0.29, 0.717) is 12.1 Å². The first-order valence-electron chi connectivity index (χ1n) is 9.36. The maximum Gasteiger partial charge on any atom is 0.138 e. The first-order chi connectivity index (χ1) is 13.6. The average molecular weight is 374 g/mol. The number of H-pyrrole nitrogens is 1. The van der Waals surface area contributed by atoms with Crippen LogP contribution in [0, 0.1) is 5.82 Å². The third-order valence-electron chi connectivity index (χ3n) is 4.80. The van der Waals surface area contributed by atoms with Gasteiger partial charge in [-0.3, -0.25) is 0 Å². The lowest BCUT2D eigenvalue weighted by Crippen LogP contribution is -2.24. The largest absolute Gasteiger partial charge is 0.338 e. The molecule has 4 rings (SSSR count). The Balaban J connectivity index is 1.65. The fraction of sp³-hybridized carbons (Fsp3) is 0.174. The van der Waals surface area contributed by atoms with E-state index in [9.17, 15) is 4.39 Å². The third-order valence-corrected chi connectivity index (χ3v) is 4.80. The van der Waals surface area contributed by atoms with E-state index in [1.54, 1.807) is 6.07 Å². The van der Waals surface area contributed by atoms with Crippen LogP contribution in [0.4, 0.5) is 4.39 Å². The van der Waals surface area contributed by atoms with Gasteiger partial charge in [0.25, 0.3) is 0 Å². The lowest BCUT2D eigenvalue weighted by atomic mass is 10.0. The van der Waals surface area contributed by atoms with Crippen molar-refractivity contribution < 1.29 is 4.39 Å². The monoisotopic (exact) mass is 374 g/mol. The number of aromatic amines is 1. The van der Waals surface area contributed by atoms with E-state index in [-0.39, 0.29) is 5.82 Å². The molecule has 0 bridgehead atoms. The molecule has 4 nitrogen and oxygen atoms in total. The summed E-state index contributed by atoms with van der Waals surface area (Å²) in [6.07, 6.45) is 0. The highest BCUT2D eigenvalue weighted by molar-refractivity contribution is 5.80. The second-order valence-corrected chi connectivity index (χ2v) is 7.05. The van der Waals surface area contributed by atoms with E-state index >= 15 is 0 Å². The molecule has 0 radical (unpaired) electrons. The number of rotatable bonds is 6. The Labute approximate surface area is 163 Å². The number of benzene rings is 3. The van der Waals surface area contributed by atoms with Gasteiger partial charge in [0.1, 0.15) is 11.6 Å². The van der Waals surface area contributed by atoms with Crippen LogP contribution in [0.25, 0.3) is 33.5 Å². The molecule has 0 aliphatic heterocycles. The molecule has 0 atom stereocenters. The van der Waals surface area contributed by atoms with E-state index in [4.69, 9.17) is 5.73 Å². The summed E-state index contributed by atoms with van der Waals surface area (Å²) in [7, 11) is 2.07. The zero-order valence-electron chi connectivity index (χ0n) is 15.8. The average Bonchev–Trinajstić information content (AvgIpc) is 3.12. The third kappa shape index (κ3) is 3.96. The molecule has 0 amide bonds. The summed E-state index contributed by atoms with van der Waals surface area (Å²) in [6.45, 7) is 2.38. The van der Waals surface area contributed by atoms with Crippen molar-refractivity contribution in [3.8, 4) is 22.5 Å². The van der Waals surface area contributed by atoms with Gasteiger partial charge in [-0.15, -0.1) is 0 Å². The highest BCUT2D eigenvalue weighted by Gasteiger charge is 2.08. The number of hydrogen-bond acceptors (Lipinski definition) is 3. The van der Waals surface area contributed by atoms with Crippen molar-refractivity contribution in [1.29, 1.82) is 0 Å². The molecular formula is C23H23FN4. The van der Waals surface area contributed by atoms with Gasteiger partial charge in [0, 0.05) is 25.2 Å². The lowest BCUT2D eigenvalue weighted by molar-refractivity contribution is 0.336. The van der Waals surface area contributed by atoms with Crippen LogP contribution in [0.5, 0.6) is 0 Å². The topological polar surface area (TPSA) is 57.9 Å². The van der Waals surface area contributed by atoms with Crippen molar-refractivity contribution in [3.05, 3.63) is 78.1 Å². The Kier molecular flexibility index (Phi) is 5.19. The maximum atomic E-state index is 13.5. The van der Waals surface area contributed by atoms with Crippen molar-refractivity contribution in [2.45, 2.75) is 6.54 Å². The highest BCUT2D eigenvalue weighted by Crippen LogP contribution is 2.27. The SMILES string of the molecule is CN(CCN)Cc1cccc(-c2cccc(-c3nc4ccc(F)cc4[nH]3)c2)c1. The molecule has 1 aromatic heterocycles. The van der Waals surface area contributed by atoms with Crippen LogP contribution in [-0.4, -0.2) is 35.0 Å². The summed E-state index contributed by atoms with van der Waals surface area (Å²) in [4.78, 5) is 10.0. The van der Waals surface area contributed by atoms with Gasteiger partial charge < -0.3 is 15.6 Å². The van der Waals surface area contributed by atoms with Crippen LogP contribution < -0.4 is 5.73 Å². The van der Waals surface area contributed by atoms with E-state index in [1.807, 2.05) is 12.1 Å². The summed E-state index contributed by atoms with van der Waals surface area (Å²) in [6, 6.07) is 21.3. The Morgan fingerprint density at radius 1 is 0.964 bits per heavy atom. The van der Waals surface area contributed by atoms with Crippen LogP contribution in [0.15, 0.2) is 66.7 Å². The molecule has 0 aliphatic rings. The molecule has 28 heavy (non-hydrogen) atoms. The van der Waals surface area contributed by atoms with Crippen molar-refractivity contribution in [2.75, 3.05) is 20.1 Å². The summed E-state index contributed by atoms with van der Waals surface area (Å²) in [5.74, 6) is 0.467. The molecule has 0 unspecified atom stereocenters. The number of fused-ring (bicyclic) bond motifs is 1. The maximum absolute atomic E-state index is 13.5. The lowest BCUT2D eigenvalue weighted by Gasteiger charge is -2.16. The molecule has 3 aromatic carbocycles. The molecule has 142 valence electrons. The predicted octanol–water partition coefficient (Wildman–Crippen LogP) is 4.43. The van der Waals surface area contributed by atoms with E-state index in [1.165, 1.54) is 17.7 Å². The fourth-order valence-electron chi connectivity index (χ4n) is 3.42. The minimum Gasteiger partial charge on any atom is -0.338 e. The Morgan fingerprint density at radius 3 is 2.54 bits per heavy atom. The number of likely N-dealkylation sites (N-methyl/N-ethyl adjacent to an activating group) is 1. The van der Waals surface area contributed by atoms with Gasteiger partial charge in [-0.1, -0.05) is 36.4 Å². The van der Waals surface area contributed by atoms with Gasteiger partial charge in [0.2, 0.25) is 0 Å². The van der Waals surface area contributed by atoms with E-state index in [2.05, 4.69) is 58.3 Å². The predicted molar refractivity (Wildman–Crippen MR) is 112 cm³/mol. The molecule has 0 aliphatic carbocycles. The first-order valence-corrected chi connectivity index (χ1v) is 9.36. The van der Waals surface area contributed by atoms with Crippen molar-refractivity contribution in [2.24, 2.45) is 5.73 Å². The van der Waals surface area contributed by atoms with Crippen LogP contribution in [0.3, 0.4) is 0 Å². The van der Waals surface area contributed by atoms with Gasteiger partial charge in [-0.25, -0.2) is 9.37 Å². The van der Waals surface area contributed by atoms with Crippen LogP contribution in [0.1, 0.15) is 5.56 Å². The smallest absolute Gasteiger partial charge is 0.138 e. The minimum atomic E-state index is -0.270. The Bertz CT molecular complexity index is 1100. The molecule has 0 saturated carbocycles. The highest BCUT2D eigenvalue weighted by atomic mass is 19.1. The van der Waals surface area contributed by atoms with Gasteiger partial charge in [0.05, 0.1) is 11.0 Å². The summed E-state index contributed by atoms with van der Waals surface area (Å²) in [5, 5.41) is 0. The summed E-state index contributed by atoms with van der Waals surface area (Å²) >= 11 is 0. The molecule has 3 N–H and O–H groups in total. The Hall–Kier alpha value is -3.02. The van der Waals surface area contributed by atoms with E-state index < -0.39 is 0 Å². The second kappa shape index (κ2) is 7.92. The number of nitrogens with two attached hydrogens (primary N) is 1. The van der Waals surface area contributed by atoms with Gasteiger partial charge >= 0.3 is 0 Å². The van der Waals surface area contributed by atoms with Crippen LogP contribution in [-0.2, 0) is 6.54 Å². The van der Waals surface area contributed by atoms with Crippen molar-refractivity contribution >= 4 is 11.0 Å². The normalized spacial score (nSPS) is 11.4. The standard InChI is InChI=1S/C23H23FN4/c1-28(11-10-25)15-16-4-2-5-17(12-16)18-6-3-7-19(13-18)23-26-21-9-8-20(24)14-22(21)27-23/h2-9,12-14H,10-11,15,25H2,1H3,(H,26,27). The van der Waals surface area contributed by atoms with Crippen molar-refractivity contribution in [1.82, 2.24) is 14.9 Å². The molecule has 0 spiro atoms. The zero-order chi connectivity index (χ0) is 19.5. The summed E-state index contributed by atoms with van der Waals surface area (Å²) < 4.78 is 13.5. The number of imidazole rings is 1. The van der Waals surface area contributed by atoms with Gasteiger partial charge in [0.15, 0.2) is 0 Å². The van der Waals surface area contributed by atoms with Gasteiger partial charge in [-0.2, -0.15) is 0 Å². The van der Waals surface area contributed by atoms with Crippen molar-refractivity contribution in [3.63, 3.8) is 0 Å². The second-order valence-electron chi connectivity index (χ2n) is 7.05. The van der Waals surface area contributed by atoms with Crippen LogP contribution in [0.2, 0.25) is 0 Å². The molecule has 5 heteroatoms. The number of nitrogens with zero attached hydrogens (tertiary/aromatic N) is 2. The quantitative estimate of drug-likeness (QED) is 0.525. The molecule has 4 aromatic rings.